The number of aromatic nitrogens is 16. The molecule has 4 aliphatic heterocycles. The quantitative estimate of drug-likeness (QED) is 0.0302. The Morgan fingerprint density at radius 1 is 0.439 bits per heavy atom. The molecular formula is C80H88Cl3F2N23O6. The van der Waals surface area contributed by atoms with Gasteiger partial charge < -0.3 is 65.1 Å². The number of anilines is 3. The zero-order valence-electron chi connectivity index (χ0n) is 64.6. The largest absolute Gasteiger partial charge is 0.444 e. The van der Waals surface area contributed by atoms with Gasteiger partial charge in [-0.3, -0.25) is 9.97 Å². The third-order valence-electron chi connectivity index (χ3n) is 18.2. The maximum Gasteiger partial charge on any atom is 0.410 e. The summed E-state index contributed by atoms with van der Waals surface area (Å²) in [6.45, 7) is 22.6. The van der Waals surface area contributed by atoms with E-state index in [1.54, 1.807) is 20.9 Å². The van der Waals surface area contributed by atoms with Crippen molar-refractivity contribution >= 4 is 104 Å². The summed E-state index contributed by atoms with van der Waals surface area (Å²) >= 11 is 17.9. The summed E-state index contributed by atoms with van der Waals surface area (Å²) in [6, 6.07) is 26.6. The lowest BCUT2D eigenvalue weighted by Gasteiger charge is -2.31. The SMILES string of the molecule is CC(C)(C)OC(=O)N1CCc2c(Cl)nc(Cl)nc2C1.CC(C)(C)OC(=O)N1CCc2c(nc(-c3cncc(F)c3)nc2NCCc2nc3ccccc3[nH]2)C1.CC(C)(C)OC(=O)N1CCc2c(nc(Cl)nc2NCCc2nc3ccccc3[nH]2)C1.Fc1cncc(-c2nc3c(c(NCCc4nc5ccccc5[nH]4)n2)CCNC3)c1. The molecule has 16 rings (SSSR count). The van der Waals surface area contributed by atoms with E-state index in [4.69, 9.17) is 54.0 Å². The van der Waals surface area contributed by atoms with Gasteiger partial charge in [0.2, 0.25) is 10.6 Å². The maximum absolute atomic E-state index is 13.9. The number of rotatable bonds is 14. The second-order valence-corrected chi connectivity index (χ2v) is 31.4. The average molecular weight is 1610 g/mol. The third-order valence-corrected chi connectivity index (χ3v) is 18.8. The molecule has 0 unspecified atom stereocenters. The Kier molecular flexibility index (Phi) is 25.0. The van der Waals surface area contributed by atoms with Gasteiger partial charge in [0.05, 0.1) is 87.9 Å². The molecule has 0 saturated heterocycles. The second kappa shape index (κ2) is 35.3. The minimum absolute atomic E-state index is 0.0924. The van der Waals surface area contributed by atoms with Crippen molar-refractivity contribution in [3.63, 3.8) is 0 Å². The molecule has 34 heteroatoms. The zero-order chi connectivity index (χ0) is 80.4. The Labute approximate surface area is 671 Å². The zero-order valence-corrected chi connectivity index (χ0v) is 66.9. The number of amides is 3. The van der Waals surface area contributed by atoms with Crippen LogP contribution in [-0.2, 0) is 85.3 Å². The molecule has 114 heavy (non-hydrogen) atoms. The van der Waals surface area contributed by atoms with E-state index in [0.717, 1.165) is 122 Å². The predicted octanol–water partition coefficient (Wildman–Crippen LogP) is 14.4. The van der Waals surface area contributed by atoms with E-state index in [2.05, 4.69) is 96.0 Å². The van der Waals surface area contributed by atoms with E-state index >= 15 is 0 Å². The number of carbonyl (C=O) groups is 3. The van der Waals surface area contributed by atoms with Crippen LogP contribution in [0.15, 0.2) is 110 Å². The Hall–Kier alpha value is -11.4. The number of halogens is 5. The molecule has 13 heterocycles. The molecule has 0 radical (unpaired) electrons. The van der Waals surface area contributed by atoms with Crippen LogP contribution in [0.2, 0.25) is 15.7 Å². The average Bonchev–Trinajstić information content (AvgIpc) is 1.12. The maximum atomic E-state index is 13.9. The Bertz CT molecular complexity index is 5380. The number of nitrogens with zero attached hydrogens (tertiary/aromatic N) is 16. The fraction of sp³-hybridized carbons (Fsp3) is 0.375. The van der Waals surface area contributed by atoms with Crippen molar-refractivity contribution in [1.29, 1.82) is 0 Å². The summed E-state index contributed by atoms with van der Waals surface area (Å²) in [4.78, 5) is 109. The normalized spacial score (nSPS) is 13.9. The third kappa shape index (κ3) is 21.3. The van der Waals surface area contributed by atoms with E-state index in [0.29, 0.717) is 136 Å². The first-order valence-electron chi connectivity index (χ1n) is 37.5. The highest BCUT2D eigenvalue weighted by atomic mass is 35.5. The second-order valence-electron chi connectivity index (χ2n) is 30.4. The van der Waals surface area contributed by atoms with Crippen molar-refractivity contribution in [2.45, 2.75) is 150 Å². The number of H-pyrrole nitrogens is 3. The summed E-state index contributed by atoms with van der Waals surface area (Å²) in [5.74, 6) is 4.84. The molecule has 3 amide bonds. The van der Waals surface area contributed by atoms with Gasteiger partial charge in [0.1, 0.15) is 68.5 Å². The molecule has 0 saturated carbocycles. The summed E-state index contributed by atoms with van der Waals surface area (Å²) < 4.78 is 43.9. The van der Waals surface area contributed by atoms with E-state index in [1.807, 2.05) is 135 Å². The summed E-state index contributed by atoms with van der Waals surface area (Å²) in [5, 5.41) is 14.2. The van der Waals surface area contributed by atoms with E-state index in [9.17, 15) is 23.2 Å². The molecule has 4 aliphatic rings. The number of ether oxygens (including phenoxy) is 3. The summed E-state index contributed by atoms with van der Waals surface area (Å²) in [5.41, 5.74) is 12.3. The monoisotopic (exact) mass is 1610 g/mol. The smallest absolute Gasteiger partial charge is 0.410 e. The van der Waals surface area contributed by atoms with Gasteiger partial charge in [0.15, 0.2) is 11.6 Å². The van der Waals surface area contributed by atoms with Gasteiger partial charge in [-0.15, -0.1) is 0 Å². The van der Waals surface area contributed by atoms with Crippen molar-refractivity contribution in [3.8, 4) is 22.8 Å². The molecule has 29 nitrogen and oxygen atoms in total. The topological polar surface area (TPSA) is 352 Å². The van der Waals surface area contributed by atoms with Crippen LogP contribution in [0.5, 0.6) is 0 Å². The van der Waals surface area contributed by atoms with Gasteiger partial charge in [-0.1, -0.05) is 48.0 Å². The lowest BCUT2D eigenvalue weighted by Crippen LogP contribution is -2.40. The highest BCUT2D eigenvalue weighted by Gasteiger charge is 2.33. The Balaban J connectivity index is 0.000000135. The molecule has 12 aromatic rings. The molecule has 0 spiro atoms. The van der Waals surface area contributed by atoms with E-state index in [1.165, 1.54) is 24.5 Å². The first-order valence-corrected chi connectivity index (χ1v) is 38.6. The number of para-hydroxylation sites is 6. The van der Waals surface area contributed by atoms with Crippen LogP contribution in [0.1, 0.15) is 125 Å². The number of hydrogen-bond acceptors (Lipinski definition) is 23. The number of nitrogens with one attached hydrogen (secondary N) is 7. The van der Waals surface area contributed by atoms with Crippen molar-refractivity contribution < 1.29 is 37.4 Å². The number of aromatic amines is 3. The van der Waals surface area contributed by atoms with Crippen molar-refractivity contribution in [3.05, 3.63) is 200 Å². The van der Waals surface area contributed by atoms with E-state index in [-0.39, 0.29) is 35.4 Å². The molecule has 0 aliphatic carbocycles. The van der Waals surface area contributed by atoms with Gasteiger partial charge in [0, 0.05) is 111 Å². The van der Waals surface area contributed by atoms with E-state index < -0.39 is 28.4 Å². The lowest BCUT2D eigenvalue weighted by molar-refractivity contribution is 0.0211. The molecule has 7 N–H and O–H groups in total. The van der Waals surface area contributed by atoms with Crippen LogP contribution in [0, 0.1) is 11.6 Å². The Morgan fingerprint density at radius 2 is 0.798 bits per heavy atom. The van der Waals surface area contributed by atoms with Crippen molar-refractivity contribution in [1.82, 2.24) is 99.8 Å². The molecule has 594 valence electrons. The number of hydrogen-bond donors (Lipinski definition) is 7. The summed E-state index contributed by atoms with van der Waals surface area (Å²) in [6.07, 6.45) is 9.11. The van der Waals surface area contributed by atoms with Gasteiger partial charge in [-0.05, 0) is 166 Å². The van der Waals surface area contributed by atoms with Crippen LogP contribution in [0.4, 0.5) is 40.6 Å². The molecule has 0 atom stereocenters. The van der Waals surface area contributed by atoms with Crippen molar-refractivity contribution in [2.75, 3.05) is 61.8 Å². The number of pyridine rings is 2. The minimum atomic E-state index is -0.592. The fourth-order valence-corrected chi connectivity index (χ4v) is 13.7. The molecular weight excluding hydrogens is 1520 g/mol. The van der Waals surface area contributed by atoms with Gasteiger partial charge in [0.25, 0.3) is 0 Å². The highest BCUT2D eigenvalue weighted by Crippen LogP contribution is 2.32. The minimum Gasteiger partial charge on any atom is -0.444 e. The molecule has 9 aromatic heterocycles. The highest BCUT2D eigenvalue weighted by molar-refractivity contribution is 6.32. The van der Waals surface area contributed by atoms with Gasteiger partial charge in [-0.25, -0.2) is 78.0 Å². The molecule has 3 aromatic carbocycles. The van der Waals surface area contributed by atoms with Crippen LogP contribution < -0.4 is 21.3 Å². The van der Waals surface area contributed by atoms with Gasteiger partial charge >= 0.3 is 18.3 Å². The standard InChI is InChI=1S/C26H28FN7O2.C21H25ClN6O2.C21H20FN7.C12H15Cl2N3O2/c1-26(2,3)36-25(35)34-11-9-18-21(15-34)32-23(16-12-17(27)14-28-13-16)33-24(18)29-10-8-22-30-19-6-4-5-7-20(19)31-22;1-21(2,3)30-20(29)28-11-9-13-16(12-28)26-19(22)27-18(13)23-10-8-17-24-14-6-4-5-7-15(14)25-17;22-14-9-13(10-24-11-14)20-28-18-12-23-7-5-15(18)21(29-20)25-8-6-19-26-16-3-1-2-4-17(16)27-19;1-12(2,3)19-11(18)17-5-4-7-8(6-17)15-10(14)16-9(7)13/h4-7,12-14H,8-11,15H2,1-3H3,(H,30,31)(H,29,32,33);4-7H,8-12H2,1-3H3,(H,24,25)(H,23,26,27);1-4,9-11,23H,5-8,12H2,(H,26,27)(H,25,28,29);4-6H2,1-3H3. The number of benzene rings is 3. The van der Waals surface area contributed by atoms with Crippen LogP contribution in [0.3, 0.4) is 0 Å². The Morgan fingerprint density at radius 3 is 1.20 bits per heavy atom. The molecule has 0 bridgehead atoms. The lowest BCUT2D eigenvalue weighted by atomic mass is 10.0. The summed E-state index contributed by atoms with van der Waals surface area (Å²) in [7, 11) is 0. The number of imidazole rings is 3. The first-order chi connectivity index (χ1) is 54.5. The van der Waals surface area contributed by atoms with Crippen molar-refractivity contribution in [2.24, 2.45) is 0 Å². The fourth-order valence-electron chi connectivity index (χ4n) is 13.0. The number of carbonyl (C=O) groups excluding carboxylic acids is 3. The molecule has 0 fully saturated rings. The van der Waals surface area contributed by atoms with Crippen LogP contribution in [0.25, 0.3) is 55.9 Å². The van der Waals surface area contributed by atoms with Crippen LogP contribution >= 0.6 is 34.8 Å². The van der Waals surface area contributed by atoms with Crippen LogP contribution in [-0.4, -0.2) is 175 Å². The number of fused-ring (bicyclic) bond motifs is 7. The predicted molar refractivity (Wildman–Crippen MR) is 431 cm³/mol. The van der Waals surface area contributed by atoms with Gasteiger partial charge in [-0.2, -0.15) is 0 Å². The first kappa shape index (κ1) is 80.6.